The van der Waals surface area contributed by atoms with E-state index >= 15 is 52.7 Å². The first-order chi connectivity index (χ1) is 54.2. The van der Waals surface area contributed by atoms with E-state index in [1.165, 1.54) is 48.5 Å². The lowest BCUT2D eigenvalue weighted by Crippen LogP contribution is -2.20. The highest BCUT2D eigenvalue weighted by Gasteiger charge is 2.42. The minimum atomic E-state index is -4.83. The van der Waals surface area contributed by atoms with Gasteiger partial charge in [-0.05, 0) is 115 Å². The fraction of sp³-hybridized carbons (Fsp3) is 0.0625. The Morgan fingerprint density at radius 1 is 0.179 bits per heavy atom. The lowest BCUT2D eigenvalue weighted by Gasteiger charge is -2.22. The normalized spacial score (nSPS) is 15.0. The van der Waals surface area contributed by atoms with E-state index in [1.807, 2.05) is 243 Å². The minimum Gasteiger partial charge on any atom is -0.360 e. The second-order valence-electron chi connectivity index (χ2n) is 27.6. The van der Waals surface area contributed by atoms with Crippen LogP contribution in [0.4, 0.5) is 52.7 Å². The number of halogens is 12. The summed E-state index contributed by atoms with van der Waals surface area (Å²) in [7, 11) is 0. The number of aromatic nitrogens is 4. The highest BCUT2D eigenvalue weighted by atomic mass is 19.4. The number of benzene rings is 12. The van der Waals surface area contributed by atoms with Crippen molar-refractivity contribution < 1.29 is 52.7 Å². The number of H-pyrrole nitrogens is 4. The van der Waals surface area contributed by atoms with Gasteiger partial charge in [-0.15, -0.1) is 0 Å². The van der Waals surface area contributed by atoms with Gasteiger partial charge in [0, 0.05) is 78.4 Å². The summed E-state index contributed by atoms with van der Waals surface area (Å²) >= 11 is 0. The number of hydrogen-bond donors (Lipinski definition) is 4. The average Bonchev–Trinajstić information content (AvgIpc) is 1.55. The van der Waals surface area contributed by atoms with Gasteiger partial charge >= 0.3 is 24.7 Å². The Morgan fingerprint density at radius 3 is 0.607 bits per heavy atom. The van der Waals surface area contributed by atoms with Crippen molar-refractivity contribution in [3.05, 3.63) is 429 Å². The Bertz CT molecular complexity index is 5830. The molecule has 4 N–H and O–H groups in total. The summed E-state index contributed by atoms with van der Waals surface area (Å²) in [4.78, 5) is 16.1. The van der Waals surface area contributed by atoms with Crippen LogP contribution in [-0.4, -0.2) is 19.9 Å². The van der Waals surface area contributed by atoms with Gasteiger partial charge in [0.05, 0.1) is 56.2 Å². The quantitative estimate of drug-likeness (QED) is 0.0881. The lowest BCUT2D eigenvalue weighted by atomic mass is 9.80. The molecular formula is C96H62F12N4. The van der Waals surface area contributed by atoms with E-state index in [9.17, 15) is 0 Å². The van der Waals surface area contributed by atoms with Crippen molar-refractivity contribution in [3.63, 3.8) is 0 Å². The van der Waals surface area contributed by atoms with Crippen molar-refractivity contribution in [2.45, 2.75) is 36.5 Å². The van der Waals surface area contributed by atoms with Crippen LogP contribution in [0, 0.1) is 0 Å². The van der Waals surface area contributed by atoms with Crippen molar-refractivity contribution >= 4 is 11.1 Å². The number of rotatable bonds is 12. The Kier molecular flexibility index (Phi) is 18.3. The lowest BCUT2D eigenvalue weighted by molar-refractivity contribution is -0.138. The van der Waals surface area contributed by atoms with Crippen LogP contribution >= 0.6 is 0 Å². The number of hydrogen-bond acceptors (Lipinski definition) is 0. The fourth-order valence-electron chi connectivity index (χ4n) is 16.1. The number of fused-ring (bicyclic) bond motifs is 12. The predicted octanol–water partition coefficient (Wildman–Crippen LogP) is 25.6. The molecule has 0 spiro atoms. The standard InChI is InChI=1S/C96H62F12N4/c97-93(98,99)69-49-41-65(42-50-69)81-85-73(57-25-9-1-10-26-57)74(58-27-11-2-12-28-58)86(109-85)82(66-43-51-70(52-44-66)94(100,101)102)88-77(61-33-17-5-18-34-61)78(62-35-19-6-20-36-62)90(111-88)84(68-47-55-72(56-48-68)96(106,107)108)92-80(64-39-23-8-24-40-64)79(63-37-21-7-22-38-63)91(112-92)83(67-45-53-71(54-46-67)95(103,104)105)89-76(60-31-15-4-16-32-60)75(87(81)110-89)59-29-13-3-14-30-59/h1-56,81-82,109-112H/b91-83-,92-84-/t81-,82+. The summed E-state index contributed by atoms with van der Waals surface area (Å²) in [5.74, 6) is -2.48. The van der Waals surface area contributed by atoms with Gasteiger partial charge in [0.15, 0.2) is 0 Å². The van der Waals surface area contributed by atoms with E-state index < -0.39 is 58.8 Å². The molecule has 0 saturated heterocycles. The second-order valence-corrected chi connectivity index (χ2v) is 27.6. The molecule has 0 radical (unpaired) electrons. The Balaban J connectivity index is 1.23. The molecule has 17 rings (SSSR count). The molecule has 2 atom stereocenters. The second kappa shape index (κ2) is 28.6. The van der Waals surface area contributed by atoms with Gasteiger partial charge < -0.3 is 19.9 Å². The van der Waals surface area contributed by atoms with Crippen LogP contribution in [0.25, 0.3) is 100 Å². The summed E-state index contributed by atoms with van der Waals surface area (Å²) in [5, 5.41) is 0.592. The van der Waals surface area contributed by atoms with Crippen LogP contribution < -0.4 is 10.7 Å². The molecule has 0 unspecified atom stereocenters. The van der Waals surface area contributed by atoms with Crippen molar-refractivity contribution in [2.24, 2.45) is 0 Å². The van der Waals surface area contributed by atoms with Gasteiger partial charge in [-0.1, -0.05) is 291 Å². The first kappa shape index (κ1) is 71.6. The van der Waals surface area contributed by atoms with Crippen LogP contribution in [0.5, 0.6) is 0 Å². The third-order valence-electron chi connectivity index (χ3n) is 20.9. The minimum absolute atomic E-state index is 0.238. The van der Waals surface area contributed by atoms with Gasteiger partial charge in [0.2, 0.25) is 0 Å². The van der Waals surface area contributed by atoms with Crippen LogP contribution in [0.1, 0.15) is 90.5 Å². The van der Waals surface area contributed by atoms with Crippen molar-refractivity contribution in [1.29, 1.82) is 0 Å². The van der Waals surface area contributed by atoms with Crippen molar-refractivity contribution in [2.75, 3.05) is 0 Å². The molecule has 1 aliphatic carbocycles. The topological polar surface area (TPSA) is 63.2 Å². The third-order valence-corrected chi connectivity index (χ3v) is 20.9. The first-order valence-electron chi connectivity index (χ1n) is 36.1. The van der Waals surface area contributed by atoms with Crippen molar-refractivity contribution in [1.82, 2.24) is 19.9 Å². The van der Waals surface area contributed by atoms with Gasteiger partial charge in [0.1, 0.15) is 0 Å². The molecule has 1 aliphatic rings. The molecular weight excluding hydrogens is 1440 g/mol. The molecule has 12 aromatic carbocycles. The molecule has 16 aromatic rings. The predicted molar refractivity (Wildman–Crippen MR) is 417 cm³/mol. The zero-order chi connectivity index (χ0) is 77.2. The van der Waals surface area contributed by atoms with Gasteiger partial charge in [-0.3, -0.25) is 0 Å². The Morgan fingerprint density at radius 2 is 0.375 bits per heavy atom. The van der Waals surface area contributed by atoms with Crippen LogP contribution in [0.15, 0.2) is 340 Å². The molecule has 0 fully saturated rings. The maximum absolute atomic E-state index is 15.4. The highest BCUT2D eigenvalue weighted by molar-refractivity contribution is 6.03. The van der Waals surface area contributed by atoms with E-state index in [0.29, 0.717) is 145 Å². The molecule has 4 heterocycles. The molecule has 0 saturated carbocycles. The van der Waals surface area contributed by atoms with Crippen LogP contribution in [-0.2, 0) is 24.7 Å². The van der Waals surface area contributed by atoms with Crippen molar-refractivity contribution in [3.8, 4) is 89.0 Å². The van der Waals surface area contributed by atoms with Crippen LogP contribution in [0.2, 0.25) is 0 Å². The van der Waals surface area contributed by atoms with E-state index in [4.69, 9.17) is 0 Å². The highest BCUT2D eigenvalue weighted by Crippen LogP contribution is 2.56. The SMILES string of the molecule is FC(F)(F)c1ccc(/C2=c3/[nH]/c(c(-c4ccccc4)c3-c3ccccc3)=C(/c3ccc(C(F)(F)F)cc3)c3[nH]c(c(-c4ccccc4)c3-c3ccccc3)[C@H](c3ccc(C(F)(F)F)cc3)c3[nH]c(c(-c4ccccc4)c3-c3ccccc3)[C@H](c3ccc(C(F)(F)F)cc3)c3[nH]c2c(-c2ccccc2)c3-c2ccccc2)cc1. The van der Waals surface area contributed by atoms with Gasteiger partial charge in [0.25, 0.3) is 0 Å². The monoisotopic (exact) mass is 1500 g/mol. The molecule has 16 heteroatoms. The van der Waals surface area contributed by atoms with E-state index in [2.05, 4.69) is 19.9 Å². The number of aromatic amines is 4. The molecule has 112 heavy (non-hydrogen) atoms. The first-order valence-corrected chi connectivity index (χ1v) is 36.1. The van der Waals surface area contributed by atoms with E-state index in [0.717, 1.165) is 48.5 Å². The molecule has 4 aromatic heterocycles. The maximum atomic E-state index is 15.4. The van der Waals surface area contributed by atoms with Crippen LogP contribution in [0.3, 0.4) is 0 Å². The number of nitrogens with one attached hydrogen (secondary N) is 4. The van der Waals surface area contributed by atoms with Gasteiger partial charge in [-0.25, -0.2) is 0 Å². The smallest absolute Gasteiger partial charge is 0.360 e. The maximum Gasteiger partial charge on any atom is 0.416 e. The Labute approximate surface area is 635 Å². The van der Waals surface area contributed by atoms with E-state index in [1.54, 1.807) is 0 Å². The summed E-state index contributed by atoms with van der Waals surface area (Å²) in [6, 6.07) is 94.1. The van der Waals surface area contributed by atoms with E-state index in [-0.39, 0.29) is 22.3 Å². The molecule has 4 nitrogen and oxygen atoms in total. The summed E-state index contributed by atoms with van der Waals surface area (Å²) < 4.78 is 185. The average molecular weight is 1500 g/mol. The largest absolute Gasteiger partial charge is 0.416 e. The number of alkyl halides is 12. The molecule has 0 amide bonds. The molecule has 550 valence electrons. The summed E-state index contributed by atoms with van der Waals surface area (Å²) in [6.45, 7) is 0. The Hall–Kier alpha value is -13.3. The molecule has 0 aliphatic heterocycles. The summed E-state index contributed by atoms with van der Waals surface area (Å²) in [6.07, 6.45) is -19.3. The molecule has 8 bridgehead atoms. The third kappa shape index (κ3) is 13.2. The van der Waals surface area contributed by atoms with Gasteiger partial charge in [-0.2, -0.15) is 52.7 Å². The summed E-state index contributed by atoms with van der Waals surface area (Å²) in [5.41, 5.74) is 8.73. The zero-order valence-electron chi connectivity index (χ0n) is 59.0. The zero-order valence-corrected chi connectivity index (χ0v) is 59.0. The fourth-order valence-corrected chi connectivity index (χ4v) is 16.1.